The molecule has 3 nitrogen and oxygen atoms in total. The zero-order valence-electron chi connectivity index (χ0n) is 8.41. The predicted molar refractivity (Wildman–Crippen MR) is 58.6 cm³/mol. The van der Waals surface area contributed by atoms with E-state index < -0.39 is 0 Å². The van der Waals surface area contributed by atoms with Crippen LogP contribution in [0.1, 0.15) is 28.8 Å². The Labute approximate surface area is 87.9 Å². The second kappa shape index (κ2) is 5.54. The van der Waals surface area contributed by atoms with Crippen molar-refractivity contribution in [2.75, 3.05) is 6.54 Å². The van der Waals surface area contributed by atoms with Crippen LogP contribution in [0.3, 0.4) is 0 Å². The maximum absolute atomic E-state index is 11.4. The van der Waals surface area contributed by atoms with E-state index in [0.29, 0.717) is 12.2 Å². The number of hydrogen-bond donors (Lipinski definition) is 1. The Morgan fingerprint density at radius 3 is 3.07 bits per heavy atom. The summed E-state index contributed by atoms with van der Waals surface area (Å²) in [7, 11) is 0. The van der Waals surface area contributed by atoms with Gasteiger partial charge in [0.2, 0.25) is 0 Å². The van der Waals surface area contributed by atoms with Crippen LogP contribution in [0.15, 0.2) is 17.5 Å². The summed E-state index contributed by atoms with van der Waals surface area (Å²) >= 11 is 1.49. The summed E-state index contributed by atoms with van der Waals surface area (Å²) in [5.74, 6) is -0.0844. The Bertz CT molecular complexity index is 331. The molecule has 76 valence electrons. The van der Waals surface area contributed by atoms with Crippen LogP contribution in [0.4, 0.5) is 0 Å². The Morgan fingerprint density at radius 1 is 1.71 bits per heavy atom. The highest BCUT2D eigenvalue weighted by atomic mass is 32.1. The molecular formula is C10H14N2OS. The van der Waals surface area contributed by atoms with E-state index in [0.717, 1.165) is 11.4 Å². The molecule has 4 heteroatoms. The lowest BCUT2D eigenvalue weighted by molar-refractivity contribution is 0.0950. The summed E-state index contributed by atoms with van der Waals surface area (Å²) in [6, 6.07) is 0. The molecule has 1 aromatic rings. The van der Waals surface area contributed by atoms with E-state index >= 15 is 0 Å². The van der Waals surface area contributed by atoms with E-state index in [1.54, 1.807) is 5.38 Å². The number of aryl methyl sites for hydroxylation is 1. The highest BCUT2D eigenvalue weighted by Crippen LogP contribution is 2.07. The van der Waals surface area contributed by atoms with E-state index in [2.05, 4.69) is 10.3 Å². The minimum Gasteiger partial charge on any atom is -0.350 e. The SMILES string of the molecule is C/C=C/CCNC(=O)c1csc(C)n1. The number of thiazole rings is 1. The van der Waals surface area contributed by atoms with Crippen LogP contribution in [-0.4, -0.2) is 17.4 Å². The zero-order valence-corrected chi connectivity index (χ0v) is 9.23. The van der Waals surface area contributed by atoms with Crippen molar-refractivity contribution < 1.29 is 4.79 Å². The van der Waals surface area contributed by atoms with Gasteiger partial charge in [0.25, 0.3) is 5.91 Å². The summed E-state index contributed by atoms with van der Waals surface area (Å²) in [5.41, 5.74) is 0.521. The number of carbonyl (C=O) groups is 1. The Balaban J connectivity index is 2.35. The molecule has 0 bridgehead atoms. The summed E-state index contributed by atoms with van der Waals surface area (Å²) in [6.07, 6.45) is 4.86. The van der Waals surface area contributed by atoms with Gasteiger partial charge in [0.1, 0.15) is 5.69 Å². The molecule has 0 atom stereocenters. The smallest absolute Gasteiger partial charge is 0.270 e. The van der Waals surface area contributed by atoms with E-state index in [-0.39, 0.29) is 5.91 Å². The molecule has 0 radical (unpaired) electrons. The van der Waals surface area contributed by atoms with E-state index in [9.17, 15) is 4.79 Å². The van der Waals surface area contributed by atoms with E-state index in [1.807, 2.05) is 26.0 Å². The third-order valence-corrected chi connectivity index (χ3v) is 2.46. The average Bonchev–Trinajstić information content (AvgIpc) is 2.59. The number of nitrogens with zero attached hydrogens (tertiary/aromatic N) is 1. The normalized spacial score (nSPS) is 10.7. The second-order valence-corrected chi connectivity index (χ2v) is 3.93. The molecule has 1 aromatic heterocycles. The standard InChI is InChI=1S/C10H14N2OS/c1-3-4-5-6-11-10(13)9-7-14-8(2)12-9/h3-4,7H,5-6H2,1-2H3,(H,11,13)/b4-3+. The van der Waals surface area contributed by atoms with Gasteiger partial charge in [0.15, 0.2) is 0 Å². The quantitative estimate of drug-likeness (QED) is 0.611. The molecule has 1 N–H and O–H groups in total. The summed E-state index contributed by atoms with van der Waals surface area (Å²) < 4.78 is 0. The first-order chi connectivity index (χ1) is 6.74. The molecule has 0 unspecified atom stereocenters. The van der Waals surface area contributed by atoms with Crippen molar-refractivity contribution >= 4 is 17.2 Å². The second-order valence-electron chi connectivity index (χ2n) is 2.87. The van der Waals surface area contributed by atoms with Crippen LogP contribution in [0.5, 0.6) is 0 Å². The average molecular weight is 210 g/mol. The lowest BCUT2D eigenvalue weighted by Gasteiger charge is -1.99. The summed E-state index contributed by atoms with van der Waals surface area (Å²) in [6.45, 7) is 4.52. The molecule has 0 aliphatic carbocycles. The summed E-state index contributed by atoms with van der Waals surface area (Å²) in [5, 5.41) is 5.50. The third-order valence-electron chi connectivity index (χ3n) is 1.68. The van der Waals surface area contributed by atoms with Gasteiger partial charge in [0.05, 0.1) is 5.01 Å². The van der Waals surface area contributed by atoms with Crippen LogP contribution in [0.2, 0.25) is 0 Å². The van der Waals surface area contributed by atoms with Crippen molar-refractivity contribution in [3.63, 3.8) is 0 Å². The predicted octanol–water partition coefficient (Wildman–Crippen LogP) is 2.15. The molecule has 0 fully saturated rings. The van der Waals surface area contributed by atoms with Gasteiger partial charge >= 0.3 is 0 Å². The third kappa shape index (κ3) is 3.30. The molecule has 1 heterocycles. The van der Waals surface area contributed by atoms with Crippen LogP contribution in [-0.2, 0) is 0 Å². The molecule has 0 aliphatic rings. The summed E-state index contributed by atoms with van der Waals surface area (Å²) in [4.78, 5) is 15.5. The van der Waals surface area contributed by atoms with Gasteiger partial charge in [-0.15, -0.1) is 11.3 Å². The first-order valence-corrected chi connectivity index (χ1v) is 5.43. The van der Waals surface area contributed by atoms with Crippen LogP contribution in [0, 0.1) is 6.92 Å². The van der Waals surface area contributed by atoms with Crippen molar-refractivity contribution in [3.8, 4) is 0 Å². The first-order valence-electron chi connectivity index (χ1n) is 4.55. The first kappa shape index (κ1) is 10.9. The van der Waals surface area contributed by atoms with Crippen molar-refractivity contribution in [1.82, 2.24) is 10.3 Å². The van der Waals surface area contributed by atoms with Gasteiger partial charge in [-0.2, -0.15) is 0 Å². The molecular weight excluding hydrogens is 196 g/mol. The minimum atomic E-state index is -0.0844. The Hall–Kier alpha value is -1.16. The van der Waals surface area contributed by atoms with Gasteiger partial charge in [-0.1, -0.05) is 12.2 Å². The lowest BCUT2D eigenvalue weighted by Crippen LogP contribution is -2.24. The number of aromatic nitrogens is 1. The van der Waals surface area contributed by atoms with Gasteiger partial charge in [0, 0.05) is 11.9 Å². The molecule has 0 spiro atoms. The fraction of sp³-hybridized carbons (Fsp3) is 0.400. The van der Waals surface area contributed by atoms with Crippen molar-refractivity contribution in [2.24, 2.45) is 0 Å². The maximum Gasteiger partial charge on any atom is 0.270 e. The fourth-order valence-corrected chi connectivity index (χ4v) is 1.59. The highest BCUT2D eigenvalue weighted by molar-refractivity contribution is 7.09. The molecule has 1 amide bonds. The molecule has 1 rings (SSSR count). The van der Waals surface area contributed by atoms with Gasteiger partial charge in [-0.25, -0.2) is 4.98 Å². The Morgan fingerprint density at radius 2 is 2.50 bits per heavy atom. The number of rotatable bonds is 4. The van der Waals surface area contributed by atoms with Crippen molar-refractivity contribution in [1.29, 1.82) is 0 Å². The number of hydrogen-bond acceptors (Lipinski definition) is 3. The molecule has 0 aliphatic heterocycles. The van der Waals surface area contributed by atoms with E-state index in [1.165, 1.54) is 11.3 Å². The number of carbonyl (C=O) groups excluding carboxylic acids is 1. The highest BCUT2D eigenvalue weighted by Gasteiger charge is 2.07. The number of nitrogens with one attached hydrogen (secondary N) is 1. The molecule has 0 saturated carbocycles. The van der Waals surface area contributed by atoms with Crippen LogP contribution >= 0.6 is 11.3 Å². The van der Waals surface area contributed by atoms with Crippen molar-refractivity contribution in [2.45, 2.75) is 20.3 Å². The van der Waals surface area contributed by atoms with Crippen molar-refractivity contribution in [3.05, 3.63) is 28.2 Å². The Kier molecular flexibility index (Phi) is 4.32. The van der Waals surface area contributed by atoms with Crippen LogP contribution < -0.4 is 5.32 Å². The lowest BCUT2D eigenvalue weighted by atomic mass is 10.3. The topological polar surface area (TPSA) is 42.0 Å². The van der Waals surface area contributed by atoms with Gasteiger partial charge in [-0.3, -0.25) is 4.79 Å². The maximum atomic E-state index is 11.4. The zero-order chi connectivity index (χ0) is 10.4. The van der Waals surface area contributed by atoms with Gasteiger partial charge < -0.3 is 5.32 Å². The fourth-order valence-electron chi connectivity index (χ4n) is 0.994. The minimum absolute atomic E-state index is 0.0844. The monoisotopic (exact) mass is 210 g/mol. The van der Waals surface area contributed by atoms with E-state index in [4.69, 9.17) is 0 Å². The van der Waals surface area contributed by atoms with Crippen LogP contribution in [0.25, 0.3) is 0 Å². The largest absolute Gasteiger partial charge is 0.350 e. The molecule has 14 heavy (non-hydrogen) atoms. The number of allylic oxidation sites excluding steroid dienone is 1. The molecule has 0 aromatic carbocycles. The van der Waals surface area contributed by atoms with Gasteiger partial charge in [-0.05, 0) is 20.3 Å². The number of amides is 1. The molecule has 0 saturated heterocycles.